The molecule has 49 heavy (non-hydrogen) atoms. The van der Waals surface area contributed by atoms with Crippen LogP contribution in [-0.4, -0.2) is 68.2 Å². The number of hydrogen-bond donors (Lipinski definition) is 3. The number of para-hydroxylation sites is 1. The molecule has 3 aromatic carbocycles. The van der Waals surface area contributed by atoms with Gasteiger partial charge in [-0.05, 0) is 78.6 Å². The van der Waals surface area contributed by atoms with Gasteiger partial charge in [0, 0.05) is 55.7 Å². The van der Waals surface area contributed by atoms with Crippen molar-refractivity contribution < 1.29 is 9.59 Å². The van der Waals surface area contributed by atoms with Crippen LogP contribution in [0.3, 0.4) is 0 Å². The van der Waals surface area contributed by atoms with E-state index in [1.807, 2.05) is 48.6 Å². The maximum Gasteiger partial charge on any atom is 0.322 e. The molecular formula is C39H48N8O2. The van der Waals surface area contributed by atoms with E-state index in [4.69, 9.17) is 4.98 Å². The second-order valence-electron chi connectivity index (χ2n) is 14.2. The van der Waals surface area contributed by atoms with E-state index in [0.717, 1.165) is 73.3 Å². The molecule has 0 saturated carbocycles. The Morgan fingerprint density at radius 3 is 2.51 bits per heavy atom. The Morgan fingerprint density at radius 1 is 1.04 bits per heavy atom. The molecule has 2 aliphatic heterocycles. The summed E-state index contributed by atoms with van der Waals surface area (Å²) in [4.78, 5) is 31.2. The lowest BCUT2D eigenvalue weighted by molar-refractivity contribution is -0.119. The number of benzene rings is 3. The number of carbonyl (C=O) groups is 2. The van der Waals surface area contributed by atoms with Crippen LogP contribution in [0, 0.1) is 6.92 Å². The van der Waals surface area contributed by atoms with E-state index in [1.165, 1.54) is 22.3 Å². The van der Waals surface area contributed by atoms with E-state index in [1.54, 1.807) is 4.90 Å². The van der Waals surface area contributed by atoms with E-state index in [-0.39, 0.29) is 23.5 Å². The predicted molar refractivity (Wildman–Crippen MR) is 194 cm³/mol. The van der Waals surface area contributed by atoms with Crippen molar-refractivity contribution in [3.63, 3.8) is 0 Å². The van der Waals surface area contributed by atoms with Gasteiger partial charge in [0.1, 0.15) is 5.82 Å². The lowest BCUT2D eigenvalue weighted by atomic mass is 9.87. The number of likely N-dealkylation sites (tertiary alicyclic amines) is 1. The topological polar surface area (TPSA) is 111 Å². The van der Waals surface area contributed by atoms with Crippen molar-refractivity contribution in [1.82, 2.24) is 34.9 Å². The fraction of sp³-hybridized carbons (Fsp3) is 0.385. The number of nitrogens with one attached hydrogen (secondary N) is 3. The van der Waals surface area contributed by atoms with Gasteiger partial charge in [0.05, 0.1) is 17.8 Å². The molecule has 10 nitrogen and oxygen atoms in total. The summed E-state index contributed by atoms with van der Waals surface area (Å²) in [6.07, 6.45) is 9.33. The molecule has 0 spiro atoms. The van der Waals surface area contributed by atoms with Crippen LogP contribution in [0.2, 0.25) is 0 Å². The van der Waals surface area contributed by atoms with E-state index >= 15 is 0 Å². The van der Waals surface area contributed by atoms with E-state index in [0.29, 0.717) is 6.54 Å². The van der Waals surface area contributed by atoms with Crippen LogP contribution >= 0.6 is 0 Å². The first-order valence-electron chi connectivity index (χ1n) is 17.2. The molecule has 10 heteroatoms. The van der Waals surface area contributed by atoms with Crippen molar-refractivity contribution in [3.8, 4) is 0 Å². The third-order valence-electron chi connectivity index (χ3n) is 9.78. The summed E-state index contributed by atoms with van der Waals surface area (Å²) in [6, 6.07) is 21.6. The van der Waals surface area contributed by atoms with Crippen LogP contribution in [0.5, 0.6) is 0 Å². The molecule has 0 radical (unpaired) electrons. The second kappa shape index (κ2) is 14.7. The predicted octanol–water partition coefficient (Wildman–Crippen LogP) is 6.57. The molecule has 3 N–H and O–H groups in total. The van der Waals surface area contributed by atoms with E-state index in [9.17, 15) is 9.59 Å². The highest BCUT2D eigenvalue weighted by Crippen LogP contribution is 2.28. The lowest BCUT2D eigenvalue weighted by Crippen LogP contribution is -2.49. The van der Waals surface area contributed by atoms with Crippen LogP contribution in [0.25, 0.3) is 10.9 Å². The highest BCUT2D eigenvalue weighted by molar-refractivity contribution is 5.92. The second-order valence-corrected chi connectivity index (χ2v) is 14.2. The van der Waals surface area contributed by atoms with Crippen LogP contribution in [0.4, 0.5) is 10.5 Å². The van der Waals surface area contributed by atoms with Gasteiger partial charge < -0.3 is 25.0 Å². The largest absolute Gasteiger partial charge is 0.345 e. The number of anilines is 1. The number of aromatic nitrogens is 4. The van der Waals surface area contributed by atoms with Gasteiger partial charge in [0.25, 0.3) is 0 Å². The molecule has 7 rings (SSSR count). The third-order valence-corrected chi connectivity index (χ3v) is 9.78. The minimum Gasteiger partial charge on any atom is -0.345 e. The standard InChI is InChI=1S/C25H31N5.C14H17N3O2/c1-17-12-19(13-20-15-28-29-23(17)20)14-22(26-5)24-27-10-11-30(24)16-18-6-8-21(9-7-18)25(2,3)4;18-10-16-7-5-12(6-8-16)17-9-11-3-1-2-4-13(11)15-14(17)19/h6-13,15,22,26H,14,16H2,1-5H3,(H,28,29);1-4,10,12H,5-9H2,(H,15,19). The Kier molecular flexibility index (Phi) is 10.1. The average molecular weight is 661 g/mol. The third kappa shape index (κ3) is 7.86. The number of hydrogen-bond acceptors (Lipinski definition) is 5. The minimum atomic E-state index is -0.0248. The minimum absolute atomic E-state index is 0.0248. The Morgan fingerprint density at radius 2 is 1.80 bits per heavy atom. The zero-order chi connectivity index (χ0) is 34.5. The SMILES string of the molecule is CNC(Cc1cc(C)c2[nH]ncc2c1)c1nccn1Cc1ccc(C(C)(C)C)cc1.O=CN1CCC(N2Cc3ccccc3NC2=O)CC1. The number of H-pyrrole nitrogens is 1. The van der Waals surface area contributed by atoms with Crippen LogP contribution in [-0.2, 0) is 29.7 Å². The molecule has 256 valence electrons. The Balaban J connectivity index is 0.000000188. The first-order valence-corrected chi connectivity index (χ1v) is 17.2. The van der Waals surface area contributed by atoms with Gasteiger partial charge in [-0.1, -0.05) is 69.3 Å². The summed E-state index contributed by atoms with van der Waals surface area (Å²) in [5.74, 6) is 1.06. The summed E-state index contributed by atoms with van der Waals surface area (Å²) in [6.45, 7) is 11.8. The number of piperidine rings is 1. The van der Waals surface area contributed by atoms with Crippen molar-refractivity contribution in [1.29, 1.82) is 0 Å². The van der Waals surface area contributed by atoms with Crippen molar-refractivity contribution >= 4 is 29.0 Å². The lowest BCUT2D eigenvalue weighted by Gasteiger charge is -2.39. The number of rotatable bonds is 8. The fourth-order valence-corrected chi connectivity index (χ4v) is 6.88. The molecule has 4 heterocycles. The number of carbonyl (C=O) groups excluding carboxylic acids is 2. The molecule has 1 atom stereocenters. The molecule has 1 saturated heterocycles. The Bertz CT molecular complexity index is 1880. The number of imidazole rings is 1. The zero-order valence-electron chi connectivity index (χ0n) is 29.2. The number of aromatic amines is 1. The van der Waals surface area contributed by atoms with Crippen LogP contribution < -0.4 is 10.6 Å². The monoisotopic (exact) mass is 660 g/mol. The van der Waals surface area contributed by atoms with Crippen LogP contribution in [0.15, 0.2) is 79.3 Å². The van der Waals surface area contributed by atoms with Gasteiger partial charge in [-0.3, -0.25) is 9.89 Å². The van der Waals surface area contributed by atoms with Crippen molar-refractivity contribution in [3.05, 3.63) is 113 Å². The van der Waals surface area contributed by atoms with Crippen molar-refractivity contribution in [2.24, 2.45) is 0 Å². The van der Waals surface area contributed by atoms with Gasteiger partial charge in [0.2, 0.25) is 6.41 Å². The zero-order valence-corrected chi connectivity index (χ0v) is 29.2. The summed E-state index contributed by atoms with van der Waals surface area (Å²) in [5, 5.41) is 14.8. The summed E-state index contributed by atoms with van der Waals surface area (Å²) >= 11 is 0. The number of likely N-dealkylation sites (N-methyl/N-ethyl adjacent to an activating group) is 1. The summed E-state index contributed by atoms with van der Waals surface area (Å²) < 4.78 is 2.25. The Hall–Kier alpha value is -4.96. The van der Waals surface area contributed by atoms with E-state index < -0.39 is 0 Å². The van der Waals surface area contributed by atoms with Gasteiger partial charge in [-0.25, -0.2) is 9.78 Å². The number of aryl methyl sites for hydroxylation is 1. The molecule has 1 unspecified atom stereocenters. The normalized spacial score (nSPS) is 15.7. The molecule has 3 amide bonds. The Labute approximate surface area is 288 Å². The van der Waals surface area contributed by atoms with Gasteiger partial charge in [-0.15, -0.1) is 0 Å². The van der Waals surface area contributed by atoms with Crippen molar-refractivity contribution in [2.75, 3.05) is 25.5 Å². The highest BCUT2D eigenvalue weighted by Gasteiger charge is 2.31. The average Bonchev–Trinajstić information content (AvgIpc) is 3.77. The first kappa shape index (κ1) is 33.9. The summed E-state index contributed by atoms with van der Waals surface area (Å²) in [5.41, 5.74) is 8.49. The molecule has 2 aromatic heterocycles. The van der Waals surface area contributed by atoms with Crippen LogP contribution in [0.1, 0.15) is 73.3 Å². The number of nitrogens with zero attached hydrogens (tertiary/aromatic N) is 5. The number of urea groups is 1. The maximum absolute atomic E-state index is 12.1. The number of amides is 3. The van der Waals surface area contributed by atoms with Gasteiger partial charge in [-0.2, -0.15) is 5.10 Å². The molecule has 0 bridgehead atoms. The summed E-state index contributed by atoms with van der Waals surface area (Å²) in [7, 11) is 2.01. The first-order chi connectivity index (χ1) is 23.6. The molecule has 5 aromatic rings. The van der Waals surface area contributed by atoms with Gasteiger partial charge >= 0.3 is 6.03 Å². The molecular weight excluding hydrogens is 612 g/mol. The van der Waals surface area contributed by atoms with Gasteiger partial charge in [0.15, 0.2) is 0 Å². The smallest absolute Gasteiger partial charge is 0.322 e. The molecule has 0 aliphatic carbocycles. The quantitative estimate of drug-likeness (QED) is 0.163. The number of fused-ring (bicyclic) bond motifs is 2. The van der Waals surface area contributed by atoms with E-state index in [2.05, 4.69) is 95.7 Å². The fourth-order valence-electron chi connectivity index (χ4n) is 6.88. The molecule has 2 aliphatic rings. The highest BCUT2D eigenvalue weighted by atomic mass is 16.2. The van der Waals surface area contributed by atoms with Crippen molar-refractivity contribution in [2.45, 2.75) is 77.5 Å². The maximum atomic E-state index is 12.1. The molecule has 1 fully saturated rings.